The number of nitrogens with zero attached hydrogens (tertiary/aromatic N) is 1. The Morgan fingerprint density at radius 2 is 2.04 bits per heavy atom. The molecule has 0 saturated heterocycles. The molecule has 27 heavy (non-hydrogen) atoms. The standard InChI is InChI=1S/C18H28N4O5/c1-3-5-6-12(4-2)11-20-15(18(24)25)10-17(23)21-13-7-8-14(19)16(9-13)22(26)27/h7-9,12,15,20H,3-6,10-11,19H2,1-2H3,(H,21,23)(H,24,25). The molecule has 0 aliphatic heterocycles. The molecule has 1 rings (SSSR count). The molecule has 1 aromatic rings. The van der Waals surface area contributed by atoms with Gasteiger partial charge in [0.2, 0.25) is 5.91 Å². The number of carboxylic acid groups (broad SMARTS) is 1. The molecule has 0 aliphatic rings. The number of nitrogen functional groups attached to an aromatic ring is 1. The minimum absolute atomic E-state index is 0.0132. The second-order valence-corrected chi connectivity index (χ2v) is 6.50. The van der Waals surface area contributed by atoms with Crippen LogP contribution in [0.2, 0.25) is 0 Å². The monoisotopic (exact) mass is 380 g/mol. The van der Waals surface area contributed by atoms with Crippen molar-refractivity contribution in [2.24, 2.45) is 5.92 Å². The third kappa shape index (κ3) is 7.61. The Morgan fingerprint density at radius 1 is 1.33 bits per heavy atom. The van der Waals surface area contributed by atoms with Gasteiger partial charge in [0.05, 0.1) is 11.3 Å². The topological polar surface area (TPSA) is 148 Å². The van der Waals surface area contributed by atoms with Crippen molar-refractivity contribution >= 4 is 28.9 Å². The number of nitrogens with two attached hydrogens (primary N) is 1. The number of rotatable bonds is 12. The summed E-state index contributed by atoms with van der Waals surface area (Å²) in [5.74, 6) is -1.30. The summed E-state index contributed by atoms with van der Waals surface area (Å²) in [6, 6.07) is 2.87. The minimum atomic E-state index is -1.11. The number of nitro groups is 1. The maximum absolute atomic E-state index is 12.2. The van der Waals surface area contributed by atoms with Gasteiger partial charge in [0.25, 0.3) is 5.69 Å². The molecule has 0 aliphatic carbocycles. The predicted molar refractivity (Wildman–Crippen MR) is 103 cm³/mol. The van der Waals surface area contributed by atoms with Crippen molar-refractivity contribution in [3.63, 3.8) is 0 Å². The summed E-state index contributed by atoms with van der Waals surface area (Å²) >= 11 is 0. The smallest absolute Gasteiger partial charge is 0.321 e. The summed E-state index contributed by atoms with van der Waals surface area (Å²) < 4.78 is 0. The van der Waals surface area contributed by atoms with Crippen molar-refractivity contribution in [3.8, 4) is 0 Å². The lowest BCUT2D eigenvalue weighted by molar-refractivity contribution is -0.383. The highest BCUT2D eigenvalue weighted by Crippen LogP contribution is 2.25. The minimum Gasteiger partial charge on any atom is -0.480 e. The molecule has 0 heterocycles. The zero-order chi connectivity index (χ0) is 20.4. The van der Waals surface area contributed by atoms with E-state index in [-0.39, 0.29) is 23.5 Å². The molecule has 0 aromatic heterocycles. The summed E-state index contributed by atoms with van der Waals surface area (Å²) in [5.41, 5.74) is 5.38. The highest BCUT2D eigenvalue weighted by atomic mass is 16.6. The largest absolute Gasteiger partial charge is 0.480 e. The number of hydrogen-bond donors (Lipinski definition) is 4. The summed E-state index contributed by atoms with van der Waals surface area (Å²) in [6.45, 7) is 4.68. The average molecular weight is 380 g/mol. The number of hydrogen-bond acceptors (Lipinski definition) is 6. The van der Waals surface area contributed by atoms with Crippen molar-refractivity contribution in [3.05, 3.63) is 28.3 Å². The molecular weight excluding hydrogens is 352 g/mol. The van der Waals surface area contributed by atoms with Crippen molar-refractivity contribution in [1.29, 1.82) is 0 Å². The quantitative estimate of drug-likeness (QED) is 0.247. The second kappa shape index (κ2) is 11.1. The van der Waals surface area contributed by atoms with Crippen LogP contribution < -0.4 is 16.4 Å². The number of amides is 1. The van der Waals surface area contributed by atoms with Crippen LogP contribution in [0, 0.1) is 16.0 Å². The van der Waals surface area contributed by atoms with Gasteiger partial charge < -0.3 is 21.5 Å². The fraction of sp³-hybridized carbons (Fsp3) is 0.556. The van der Waals surface area contributed by atoms with Crippen LogP contribution in [-0.4, -0.2) is 34.5 Å². The first-order valence-electron chi connectivity index (χ1n) is 9.08. The number of anilines is 2. The summed E-state index contributed by atoms with van der Waals surface area (Å²) in [6.07, 6.45) is 3.81. The molecule has 2 atom stereocenters. The Labute approximate surface area is 158 Å². The number of benzene rings is 1. The van der Waals surface area contributed by atoms with Gasteiger partial charge in [-0.25, -0.2) is 0 Å². The van der Waals surface area contributed by atoms with Crippen LogP contribution in [0.15, 0.2) is 18.2 Å². The van der Waals surface area contributed by atoms with E-state index in [1.54, 1.807) is 0 Å². The van der Waals surface area contributed by atoms with Gasteiger partial charge in [-0.3, -0.25) is 19.7 Å². The van der Waals surface area contributed by atoms with E-state index in [1.165, 1.54) is 12.1 Å². The third-order valence-electron chi connectivity index (χ3n) is 4.39. The number of carboxylic acids is 1. The zero-order valence-corrected chi connectivity index (χ0v) is 15.7. The van der Waals surface area contributed by atoms with Gasteiger partial charge in [0.1, 0.15) is 11.7 Å². The van der Waals surface area contributed by atoms with Crippen LogP contribution >= 0.6 is 0 Å². The first-order valence-corrected chi connectivity index (χ1v) is 9.08. The number of unbranched alkanes of at least 4 members (excludes halogenated alkanes) is 1. The van der Waals surface area contributed by atoms with E-state index in [1.807, 2.05) is 0 Å². The van der Waals surface area contributed by atoms with Gasteiger partial charge in [-0.2, -0.15) is 0 Å². The van der Waals surface area contributed by atoms with Crippen LogP contribution in [0.5, 0.6) is 0 Å². The Bertz CT molecular complexity index is 665. The van der Waals surface area contributed by atoms with E-state index < -0.39 is 22.8 Å². The number of aliphatic carboxylic acids is 1. The summed E-state index contributed by atoms with van der Waals surface area (Å²) in [4.78, 5) is 33.9. The molecule has 9 heteroatoms. The van der Waals surface area contributed by atoms with Gasteiger partial charge >= 0.3 is 5.97 Å². The lowest BCUT2D eigenvalue weighted by Crippen LogP contribution is -2.42. The number of nitrogens with one attached hydrogen (secondary N) is 2. The van der Waals surface area contributed by atoms with Crippen LogP contribution in [0.3, 0.4) is 0 Å². The SMILES string of the molecule is CCCCC(CC)CNC(CC(=O)Nc1ccc(N)c([N+](=O)[O-])c1)C(=O)O. The van der Waals surface area contributed by atoms with Crippen LogP contribution in [-0.2, 0) is 9.59 Å². The molecule has 1 aromatic carbocycles. The molecule has 0 radical (unpaired) electrons. The van der Waals surface area contributed by atoms with Gasteiger partial charge in [0.15, 0.2) is 0 Å². The fourth-order valence-corrected chi connectivity index (χ4v) is 2.68. The van der Waals surface area contributed by atoms with Crippen LogP contribution in [0.4, 0.5) is 17.1 Å². The van der Waals surface area contributed by atoms with Gasteiger partial charge in [0, 0.05) is 11.8 Å². The van der Waals surface area contributed by atoms with Crippen LogP contribution in [0.25, 0.3) is 0 Å². The maximum atomic E-state index is 12.2. The lowest BCUT2D eigenvalue weighted by atomic mass is 9.99. The predicted octanol–water partition coefficient (Wildman–Crippen LogP) is 2.76. The number of carbonyl (C=O) groups is 2. The molecule has 2 unspecified atom stereocenters. The zero-order valence-electron chi connectivity index (χ0n) is 15.7. The number of carbonyl (C=O) groups excluding carboxylic acids is 1. The van der Waals surface area contributed by atoms with E-state index in [2.05, 4.69) is 24.5 Å². The van der Waals surface area contributed by atoms with E-state index in [0.717, 1.165) is 31.7 Å². The second-order valence-electron chi connectivity index (χ2n) is 6.50. The highest BCUT2D eigenvalue weighted by molar-refractivity contribution is 5.94. The molecule has 0 saturated carbocycles. The van der Waals surface area contributed by atoms with Gasteiger partial charge in [-0.1, -0.05) is 33.1 Å². The van der Waals surface area contributed by atoms with Crippen molar-refractivity contribution in [1.82, 2.24) is 5.32 Å². The first kappa shape index (κ1) is 22.4. The maximum Gasteiger partial charge on any atom is 0.321 e. The molecule has 150 valence electrons. The van der Waals surface area contributed by atoms with Crippen molar-refractivity contribution in [2.75, 3.05) is 17.6 Å². The summed E-state index contributed by atoms with van der Waals surface area (Å²) in [7, 11) is 0. The Kier molecular flexibility index (Phi) is 9.21. The highest BCUT2D eigenvalue weighted by Gasteiger charge is 2.22. The molecule has 0 fully saturated rings. The average Bonchev–Trinajstić information content (AvgIpc) is 2.61. The Morgan fingerprint density at radius 3 is 2.59 bits per heavy atom. The number of nitro benzene ring substituents is 1. The fourth-order valence-electron chi connectivity index (χ4n) is 2.68. The third-order valence-corrected chi connectivity index (χ3v) is 4.39. The van der Waals surface area contributed by atoms with Crippen molar-refractivity contribution in [2.45, 2.75) is 52.0 Å². The molecule has 0 bridgehead atoms. The first-order chi connectivity index (χ1) is 12.8. The van der Waals surface area contributed by atoms with Crippen molar-refractivity contribution < 1.29 is 19.6 Å². The molecular formula is C18H28N4O5. The molecule has 5 N–H and O–H groups in total. The molecule has 9 nitrogen and oxygen atoms in total. The normalized spacial score (nSPS) is 13.0. The van der Waals surface area contributed by atoms with E-state index in [4.69, 9.17) is 5.73 Å². The van der Waals surface area contributed by atoms with Crippen LogP contribution in [0.1, 0.15) is 46.0 Å². The summed E-state index contributed by atoms with van der Waals surface area (Å²) in [5, 5.41) is 25.7. The van der Waals surface area contributed by atoms with E-state index in [9.17, 15) is 24.8 Å². The Hall–Kier alpha value is -2.68. The molecule has 0 spiro atoms. The van der Waals surface area contributed by atoms with E-state index in [0.29, 0.717) is 12.5 Å². The van der Waals surface area contributed by atoms with Gasteiger partial charge in [-0.15, -0.1) is 0 Å². The van der Waals surface area contributed by atoms with E-state index >= 15 is 0 Å². The lowest BCUT2D eigenvalue weighted by Gasteiger charge is -2.19. The van der Waals surface area contributed by atoms with Gasteiger partial charge in [-0.05, 0) is 31.0 Å². The molecule has 1 amide bonds. The Balaban J connectivity index is 2.66.